The highest BCUT2D eigenvalue weighted by molar-refractivity contribution is 7.90. The van der Waals surface area contributed by atoms with Crippen molar-refractivity contribution in [2.45, 2.75) is 11.8 Å². The van der Waals surface area contributed by atoms with Crippen LogP contribution < -0.4 is 0 Å². The van der Waals surface area contributed by atoms with E-state index in [1.165, 1.54) is 3.97 Å². The molecule has 5 aromatic carbocycles. The molecular weight excluding hydrogens is 664 g/mol. The highest BCUT2D eigenvalue weighted by Crippen LogP contribution is 2.40. The fourth-order valence-corrected chi connectivity index (χ4v) is 7.15. The summed E-state index contributed by atoms with van der Waals surface area (Å²) in [5.41, 5.74) is 6.55. The van der Waals surface area contributed by atoms with Gasteiger partial charge in [-0.2, -0.15) is 0 Å². The lowest BCUT2D eigenvalue weighted by molar-refractivity contribution is 0.588. The molecule has 0 saturated heterocycles. The Morgan fingerprint density at radius 3 is 1.47 bits per heavy atom. The van der Waals surface area contributed by atoms with Gasteiger partial charge in [-0.05, 0) is 108 Å². The molecule has 0 unspecified atom stereocenters. The van der Waals surface area contributed by atoms with Crippen LogP contribution in [-0.2, 0) is 10.0 Å². The first kappa shape index (κ1) is 31.2. The number of nitrogens with zero attached hydrogens (tertiary/aromatic N) is 1. The molecule has 0 atom stereocenters. The summed E-state index contributed by atoms with van der Waals surface area (Å²) in [4.78, 5) is 0.163. The van der Waals surface area contributed by atoms with Gasteiger partial charge in [-0.15, -0.1) is 0 Å². The van der Waals surface area contributed by atoms with E-state index < -0.39 is 10.0 Å². The molecule has 0 N–H and O–H groups in total. The zero-order valence-electron chi connectivity index (χ0n) is 23.9. The fraction of sp³-hybridized carbons (Fsp3) is 0.0270. The SMILES string of the molecule is Cc1ccc(S(=O)(=O)n2c(-c3ccc(Cl)cc3)cc(-c3ccc(Cl)cc3)c2C=C(c2ccc(Cl)cc2)c2ccc(Cl)cc2)cc1. The van der Waals surface area contributed by atoms with Crippen molar-refractivity contribution < 1.29 is 8.42 Å². The molecule has 3 nitrogen and oxygen atoms in total. The normalized spacial score (nSPS) is 11.4. The summed E-state index contributed by atoms with van der Waals surface area (Å²) in [6, 6.07) is 38.1. The minimum atomic E-state index is -4.12. The second kappa shape index (κ2) is 12.9. The molecule has 6 aromatic rings. The minimum Gasteiger partial charge on any atom is -0.233 e. The number of aromatic nitrogens is 1. The number of hydrogen-bond donors (Lipinski definition) is 0. The summed E-state index contributed by atoms with van der Waals surface area (Å²) >= 11 is 25.1. The molecule has 0 fully saturated rings. The average Bonchev–Trinajstić information content (AvgIpc) is 3.42. The Bertz CT molecular complexity index is 2070. The van der Waals surface area contributed by atoms with E-state index in [9.17, 15) is 8.42 Å². The Hall–Kier alpha value is -3.77. The van der Waals surface area contributed by atoms with Crippen molar-refractivity contribution in [3.63, 3.8) is 0 Å². The van der Waals surface area contributed by atoms with Crippen LogP contribution in [0, 0.1) is 6.92 Å². The van der Waals surface area contributed by atoms with Gasteiger partial charge < -0.3 is 0 Å². The molecule has 0 saturated carbocycles. The van der Waals surface area contributed by atoms with E-state index in [1.54, 1.807) is 48.5 Å². The van der Waals surface area contributed by atoms with E-state index in [0.717, 1.165) is 27.8 Å². The quantitative estimate of drug-likeness (QED) is 0.167. The predicted octanol–water partition coefficient (Wildman–Crippen LogP) is 11.6. The molecule has 0 aliphatic heterocycles. The Kier molecular flexibility index (Phi) is 8.96. The van der Waals surface area contributed by atoms with Crippen molar-refractivity contribution in [2.24, 2.45) is 0 Å². The van der Waals surface area contributed by atoms with Crippen LogP contribution in [0.4, 0.5) is 0 Å². The summed E-state index contributed by atoms with van der Waals surface area (Å²) in [5.74, 6) is 0. The van der Waals surface area contributed by atoms with E-state index >= 15 is 0 Å². The maximum atomic E-state index is 14.7. The Balaban J connectivity index is 1.74. The van der Waals surface area contributed by atoms with Gasteiger partial charge in [0.25, 0.3) is 10.0 Å². The van der Waals surface area contributed by atoms with Crippen LogP contribution in [0.3, 0.4) is 0 Å². The lowest BCUT2D eigenvalue weighted by Gasteiger charge is -2.16. The summed E-state index contributed by atoms with van der Waals surface area (Å²) in [6.45, 7) is 1.92. The Labute approximate surface area is 283 Å². The molecular formula is C37H25Cl4NO2S. The van der Waals surface area contributed by atoms with Crippen molar-refractivity contribution in [2.75, 3.05) is 0 Å². The van der Waals surface area contributed by atoms with Crippen molar-refractivity contribution in [1.29, 1.82) is 0 Å². The van der Waals surface area contributed by atoms with Crippen molar-refractivity contribution in [3.05, 3.63) is 170 Å². The Morgan fingerprint density at radius 1 is 0.578 bits per heavy atom. The number of hydrogen-bond acceptors (Lipinski definition) is 2. The van der Waals surface area contributed by atoms with Crippen LogP contribution in [0.2, 0.25) is 20.1 Å². The number of halogens is 4. The zero-order chi connectivity index (χ0) is 31.7. The first-order valence-corrected chi connectivity index (χ1v) is 16.9. The summed E-state index contributed by atoms with van der Waals surface area (Å²) in [7, 11) is -4.12. The zero-order valence-corrected chi connectivity index (χ0v) is 27.7. The second-order valence-corrected chi connectivity index (χ2v) is 14.0. The maximum absolute atomic E-state index is 14.7. The molecule has 6 rings (SSSR count). The monoisotopic (exact) mass is 687 g/mol. The summed E-state index contributed by atoms with van der Waals surface area (Å²) in [6.07, 6.45) is 1.90. The van der Waals surface area contributed by atoms with Crippen molar-refractivity contribution in [1.82, 2.24) is 3.97 Å². The van der Waals surface area contributed by atoms with Crippen LogP contribution in [0.25, 0.3) is 34.0 Å². The first-order chi connectivity index (χ1) is 21.6. The molecule has 0 amide bonds. The van der Waals surface area contributed by atoms with Gasteiger partial charge in [0.15, 0.2) is 0 Å². The average molecular weight is 689 g/mol. The summed E-state index contributed by atoms with van der Waals surface area (Å²) in [5, 5.41) is 2.30. The van der Waals surface area contributed by atoms with Gasteiger partial charge in [0.1, 0.15) is 0 Å². The van der Waals surface area contributed by atoms with Gasteiger partial charge in [-0.25, -0.2) is 12.4 Å². The summed E-state index contributed by atoms with van der Waals surface area (Å²) < 4.78 is 30.9. The highest BCUT2D eigenvalue weighted by Gasteiger charge is 2.28. The molecule has 1 heterocycles. The smallest absolute Gasteiger partial charge is 0.233 e. The number of aryl methyl sites for hydroxylation is 1. The van der Waals surface area contributed by atoms with Crippen molar-refractivity contribution in [3.8, 4) is 22.4 Å². The standard InChI is InChI=1S/C37H25Cl4NO2S/c1-24-2-20-33(21-3-24)45(43,44)42-36(28-10-18-32(41)19-11-28)23-35(27-8-16-31(40)17-9-27)37(42)22-34(25-4-12-29(38)13-5-25)26-6-14-30(39)15-7-26/h2-23H,1H3. The van der Waals surface area contributed by atoms with Crippen LogP contribution in [0.5, 0.6) is 0 Å². The van der Waals surface area contributed by atoms with E-state index in [4.69, 9.17) is 46.4 Å². The largest absolute Gasteiger partial charge is 0.268 e. The van der Waals surface area contributed by atoms with Gasteiger partial charge in [0.2, 0.25) is 0 Å². The first-order valence-electron chi connectivity index (χ1n) is 13.9. The Morgan fingerprint density at radius 2 is 1.00 bits per heavy atom. The molecule has 0 radical (unpaired) electrons. The molecule has 1 aromatic heterocycles. The van der Waals surface area contributed by atoms with Crippen LogP contribution in [-0.4, -0.2) is 12.4 Å². The minimum absolute atomic E-state index is 0.163. The van der Waals surface area contributed by atoms with E-state index in [0.29, 0.717) is 42.6 Å². The second-order valence-electron chi connectivity index (χ2n) is 10.5. The number of rotatable bonds is 7. The molecule has 0 aliphatic rings. The third-order valence-electron chi connectivity index (χ3n) is 7.44. The molecule has 0 spiro atoms. The van der Waals surface area contributed by atoms with Gasteiger partial charge in [-0.1, -0.05) is 113 Å². The van der Waals surface area contributed by atoms with Gasteiger partial charge in [-0.3, -0.25) is 0 Å². The van der Waals surface area contributed by atoms with Crippen LogP contribution in [0.15, 0.2) is 132 Å². The number of benzene rings is 5. The third-order valence-corrected chi connectivity index (χ3v) is 10.2. The van der Waals surface area contributed by atoms with E-state index in [1.807, 2.05) is 91.9 Å². The third kappa shape index (κ3) is 6.62. The van der Waals surface area contributed by atoms with Crippen LogP contribution >= 0.6 is 46.4 Å². The molecule has 0 bridgehead atoms. The van der Waals surface area contributed by atoms with Gasteiger partial charge in [0, 0.05) is 25.7 Å². The molecule has 45 heavy (non-hydrogen) atoms. The maximum Gasteiger partial charge on any atom is 0.268 e. The lowest BCUT2D eigenvalue weighted by Crippen LogP contribution is -2.16. The van der Waals surface area contributed by atoms with E-state index in [2.05, 4.69) is 0 Å². The van der Waals surface area contributed by atoms with Gasteiger partial charge in [0.05, 0.1) is 16.3 Å². The highest BCUT2D eigenvalue weighted by atomic mass is 35.5. The predicted molar refractivity (Wildman–Crippen MR) is 189 cm³/mol. The molecule has 8 heteroatoms. The fourth-order valence-electron chi connectivity index (χ4n) is 5.13. The van der Waals surface area contributed by atoms with Crippen molar-refractivity contribution >= 4 is 68.1 Å². The topological polar surface area (TPSA) is 39.1 Å². The van der Waals surface area contributed by atoms with E-state index in [-0.39, 0.29) is 4.90 Å². The van der Waals surface area contributed by atoms with Gasteiger partial charge >= 0.3 is 0 Å². The van der Waals surface area contributed by atoms with Crippen LogP contribution in [0.1, 0.15) is 22.4 Å². The molecule has 224 valence electrons. The molecule has 0 aliphatic carbocycles. The lowest BCUT2D eigenvalue weighted by atomic mass is 9.95.